The lowest BCUT2D eigenvalue weighted by Gasteiger charge is -2.27. The molecule has 0 aliphatic carbocycles. The molecule has 0 aromatic rings. The topological polar surface area (TPSA) is 66.4 Å². The van der Waals surface area contributed by atoms with Crippen LogP contribution < -0.4 is 3.53 Å². The van der Waals surface area contributed by atoms with Gasteiger partial charge in [0.1, 0.15) is 0 Å². The number of nitrogens with one attached hydrogen (secondary N) is 1. The van der Waals surface area contributed by atoms with Crippen molar-refractivity contribution in [1.82, 2.24) is 3.53 Å². The Morgan fingerprint density at radius 2 is 1.92 bits per heavy atom. The van der Waals surface area contributed by atoms with Gasteiger partial charge in [0.2, 0.25) is 5.91 Å². The summed E-state index contributed by atoms with van der Waals surface area (Å²) in [5.74, 6) is -1.66. The summed E-state index contributed by atoms with van der Waals surface area (Å²) in [6.45, 7) is 5.56. The molecule has 0 heterocycles. The van der Waals surface area contributed by atoms with Crippen molar-refractivity contribution in [2.75, 3.05) is 0 Å². The molecular formula is C8H14INO3. The molecule has 5 heteroatoms. The monoisotopic (exact) mass is 299 g/mol. The number of hydrogen-bond donors (Lipinski definition) is 2. The van der Waals surface area contributed by atoms with Gasteiger partial charge in [-0.25, -0.2) is 0 Å². The quantitative estimate of drug-likeness (QED) is 0.614. The SMILES string of the molecule is CC(C)(C)C(CC(=O)O)C(=O)NI. The highest BCUT2D eigenvalue weighted by Gasteiger charge is 2.32. The average Bonchev–Trinajstić information content (AvgIpc) is 1.96. The molecule has 2 N–H and O–H groups in total. The van der Waals surface area contributed by atoms with E-state index in [0.717, 1.165) is 0 Å². The van der Waals surface area contributed by atoms with E-state index in [1.165, 1.54) is 0 Å². The Labute approximate surface area is 91.6 Å². The first-order valence-electron chi connectivity index (χ1n) is 3.91. The van der Waals surface area contributed by atoms with Crippen LogP contribution in [-0.2, 0) is 9.59 Å². The predicted molar refractivity (Wildman–Crippen MR) is 57.4 cm³/mol. The maximum absolute atomic E-state index is 11.3. The summed E-state index contributed by atoms with van der Waals surface area (Å²) >= 11 is 1.72. The molecular weight excluding hydrogens is 285 g/mol. The third-order valence-corrected chi connectivity index (χ3v) is 2.37. The van der Waals surface area contributed by atoms with Gasteiger partial charge in [-0.3, -0.25) is 13.1 Å². The summed E-state index contributed by atoms with van der Waals surface area (Å²) in [5.41, 5.74) is -0.326. The van der Waals surface area contributed by atoms with Gasteiger partial charge in [0, 0.05) is 0 Å². The average molecular weight is 299 g/mol. The molecule has 0 aliphatic heterocycles. The molecule has 0 aliphatic rings. The molecule has 0 radical (unpaired) electrons. The standard InChI is InChI=1S/C8H14INO3/c1-8(2,3)5(4-6(11)12)7(13)10-9/h5H,4H2,1-3H3,(H,10,13)(H,11,12). The Bertz CT molecular complexity index is 210. The van der Waals surface area contributed by atoms with Crippen molar-refractivity contribution in [3.05, 3.63) is 0 Å². The van der Waals surface area contributed by atoms with Crippen molar-refractivity contribution < 1.29 is 14.7 Å². The minimum Gasteiger partial charge on any atom is -0.481 e. The van der Waals surface area contributed by atoms with Crippen molar-refractivity contribution in [2.45, 2.75) is 27.2 Å². The smallest absolute Gasteiger partial charge is 0.304 e. The predicted octanol–water partition coefficient (Wildman–Crippen LogP) is 1.59. The van der Waals surface area contributed by atoms with Crippen LogP contribution >= 0.6 is 22.9 Å². The van der Waals surface area contributed by atoms with E-state index in [1.807, 2.05) is 20.8 Å². The van der Waals surface area contributed by atoms with Crippen LogP contribution in [0.4, 0.5) is 0 Å². The zero-order valence-corrected chi connectivity index (χ0v) is 10.1. The molecule has 0 bridgehead atoms. The molecule has 0 fully saturated rings. The van der Waals surface area contributed by atoms with E-state index in [2.05, 4.69) is 3.53 Å². The number of halogens is 1. The Balaban J connectivity index is 4.56. The van der Waals surface area contributed by atoms with Gasteiger partial charge in [-0.05, 0) is 5.41 Å². The second-order valence-electron chi connectivity index (χ2n) is 3.98. The van der Waals surface area contributed by atoms with E-state index in [4.69, 9.17) is 5.11 Å². The molecule has 1 atom stereocenters. The highest BCUT2D eigenvalue weighted by Crippen LogP contribution is 2.29. The van der Waals surface area contributed by atoms with E-state index < -0.39 is 11.9 Å². The van der Waals surface area contributed by atoms with Crippen molar-refractivity contribution in [3.63, 3.8) is 0 Å². The molecule has 0 saturated carbocycles. The van der Waals surface area contributed by atoms with E-state index in [-0.39, 0.29) is 17.7 Å². The highest BCUT2D eigenvalue weighted by atomic mass is 127. The minimum absolute atomic E-state index is 0.127. The Morgan fingerprint density at radius 1 is 1.46 bits per heavy atom. The molecule has 13 heavy (non-hydrogen) atoms. The van der Waals surface area contributed by atoms with Gasteiger partial charge in [0.05, 0.1) is 35.2 Å². The molecule has 0 aromatic heterocycles. The van der Waals surface area contributed by atoms with E-state index in [1.54, 1.807) is 22.9 Å². The molecule has 1 amide bonds. The van der Waals surface area contributed by atoms with Crippen LogP contribution in [0.5, 0.6) is 0 Å². The van der Waals surface area contributed by atoms with Gasteiger partial charge in [0.15, 0.2) is 0 Å². The van der Waals surface area contributed by atoms with Crippen LogP contribution in [0.25, 0.3) is 0 Å². The van der Waals surface area contributed by atoms with Crippen molar-refractivity contribution in [3.8, 4) is 0 Å². The first-order valence-corrected chi connectivity index (χ1v) is 4.99. The summed E-state index contributed by atoms with van der Waals surface area (Å²) in [6.07, 6.45) is -0.127. The number of hydrogen-bond acceptors (Lipinski definition) is 2. The van der Waals surface area contributed by atoms with Crippen LogP contribution in [0.2, 0.25) is 0 Å². The number of carboxylic acids is 1. The van der Waals surface area contributed by atoms with Gasteiger partial charge in [-0.1, -0.05) is 20.8 Å². The zero-order valence-electron chi connectivity index (χ0n) is 7.93. The first kappa shape index (κ1) is 12.7. The molecule has 0 rings (SSSR count). The lowest BCUT2D eigenvalue weighted by atomic mass is 9.78. The maximum atomic E-state index is 11.3. The maximum Gasteiger partial charge on any atom is 0.304 e. The lowest BCUT2D eigenvalue weighted by molar-refractivity contribution is -0.142. The molecule has 0 saturated heterocycles. The van der Waals surface area contributed by atoms with Crippen molar-refractivity contribution in [1.29, 1.82) is 0 Å². The van der Waals surface area contributed by atoms with Crippen LogP contribution in [-0.4, -0.2) is 17.0 Å². The Morgan fingerprint density at radius 3 is 2.15 bits per heavy atom. The number of aliphatic carboxylic acids is 1. The Hall–Kier alpha value is -0.330. The van der Waals surface area contributed by atoms with E-state index >= 15 is 0 Å². The number of carbonyl (C=O) groups is 2. The fraction of sp³-hybridized carbons (Fsp3) is 0.750. The summed E-state index contributed by atoms with van der Waals surface area (Å²) in [4.78, 5) is 21.8. The molecule has 4 nitrogen and oxygen atoms in total. The second-order valence-corrected chi connectivity index (χ2v) is 4.51. The second kappa shape index (κ2) is 4.78. The first-order chi connectivity index (χ1) is 5.79. The fourth-order valence-electron chi connectivity index (χ4n) is 1.03. The van der Waals surface area contributed by atoms with Gasteiger partial charge in [0.25, 0.3) is 0 Å². The fourth-order valence-corrected chi connectivity index (χ4v) is 1.41. The van der Waals surface area contributed by atoms with Crippen molar-refractivity contribution in [2.24, 2.45) is 11.3 Å². The summed E-state index contributed by atoms with van der Waals surface area (Å²) in [6, 6.07) is 0. The van der Waals surface area contributed by atoms with E-state index in [0.29, 0.717) is 0 Å². The number of amides is 1. The summed E-state index contributed by atoms with van der Waals surface area (Å²) < 4.78 is 2.44. The van der Waals surface area contributed by atoms with Gasteiger partial charge >= 0.3 is 5.97 Å². The van der Waals surface area contributed by atoms with Crippen LogP contribution in [0, 0.1) is 11.3 Å². The zero-order chi connectivity index (χ0) is 10.6. The van der Waals surface area contributed by atoms with Gasteiger partial charge in [-0.2, -0.15) is 0 Å². The number of carbonyl (C=O) groups excluding carboxylic acids is 1. The Kier molecular flexibility index (Phi) is 4.66. The van der Waals surface area contributed by atoms with Gasteiger partial charge < -0.3 is 5.11 Å². The highest BCUT2D eigenvalue weighted by molar-refractivity contribution is 14.1. The minimum atomic E-state index is -0.945. The number of carboxylic acid groups (broad SMARTS) is 1. The number of rotatable bonds is 3. The van der Waals surface area contributed by atoms with Crippen molar-refractivity contribution >= 4 is 34.7 Å². The van der Waals surface area contributed by atoms with E-state index in [9.17, 15) is 9.59 Å². The van der Waals surface area contributed by atoms with Gasteiger partial charge in [-0.15, -0.1) is 0 Å². The largest absolute Gasteiger partial charge is 0.481 e. The third-order valence-electron chi connectivity index (χ3n) is 1.83. The molecule has 0 aromatic carbocycles. The summed E-state index contributed by atoms with van der Waals surface area (Å²) in [5, 5.41) is 8.61. The third kappa shape index (κ3) is 4.44. The normalized spacial score (nSPS) is 13.5. The lowest BCUT2D eigenvalue weighted by Crippen LogP contribution is -2.35. The van der Waals surface area contributed by atoms with Crippen LogP contribution in [0.3, 0.4) is 0 Å². The van der Waals surface area contributed by atoms with Crippen LogP contribution in [0.15, 0.2) is 0 Å². The molecule has 0 spiro atoms. The molecule has 76 valence electrons. The summed E-state index contributed by atoms with van der Waals surface area (Å²) in [7, 11) is 0. The molecule has 1 unspecified atom stereocenters. The van der Waals surface area contributed by atoms with Crippen LogP contribution in [0.1, 0.15) is 27.2 Å².